The molecule has 1 atom stereocenters. The second-order valence-corrected chi connectivity index (χ2v) is 7.29. The molecule has 3 nitrogen and oxygen atoms in total. The average Bonchev–Trinajstić information content (AvgIpc) is 3.00. The van der Waals surface area contributed by atoms with Crippen LogP contribution in [0.15, 0.2) is 54.7 Å². The summed E-state index contributed by atoms with van der Waals surface area (Å²) in [5, 5.41) is 0.170. The molecule has 2 aromatic heterocycles. The van der Waals surface area contributed by atoms with E-state index in [2.05, 4.69) is 42.5 Å². The second-order valence-electron chi connectivity index (χ2n) is 5.91. The molecular formula is C21H23NO2S. The maximum Gasteiger partial charge on any atom is 0.340 e. The number of esters is 1. The van der Waals surface area contributed by atoms with Gasteiger partial charge in [0.2, 0.25) is 0 Å². The van der Waals surface area contributed by atoms with Crippen LogP contribution in [-0.2, 0) is 4.74 Å². The van der Waals surface area contributed by atoms with Gasteiger partial charge in [-0.2, -0.15) is 0 Å². The molecule has 4 heteroatoms. The van der Waals surface area contributed by atoms with Crippen molar-refractivity contribution in [1.82, 2.24) is 4.40 Å². The van der Waals surface area contributed by atoms with Gasteiger partial charge in [0.05, 0.1) is 22.9 Å². The molecule has 0 amide bonds. The van der Waals surface area contributed by atoms with Crippen molar-refractivity contribution in [3.63, 3.8) is 0 Å². The van der Waals surface area contributed by atoms with Crippen molar-refractivity contribution in [3.05, 3.63) is 77.1 Å². The molecule has 0 aliphatic carbocycles. The number of thioether (sulfide) groups is 1. The zero-order valence-corrected chi connectivity index (χ0v) is 15.7. The van der Waals surface area contributed by atoms with Crippen molar-refractivity contribution in [3.8, 4) is 0 Å². The molecule has 0 N–H and O–H groups in total. The summed E-state index contributed by atoms with van der Waals surface area (Å²) in [5.74, 6) is 0.731. The zero-order valence-electron chi connectivity index (χ0n) is 14.9. The number of nitrogens with zero attached hydrogens (tertiary/aromatic N) is 1. The minimum Gasteiger partial charge on any atom is -0.462 e. The van der Waals surface area contributed by atoms with E-state index in [-0.39, 0.29) is 11.2 Å². The van der Waals surface area contributed by atoms with E-state index >= 15 is 0 Å². The summed E-state index contributed by atoms with van der Waals surface area (Å²) in [6, 6.07) is 16.5. The molecule has 0 saturated heterocycles. The van der Waals surface area contributed by atoms with Crippen LogP contribution in [0.2, 0.25) is 0 Å². The molecule has 3 aromatic rings. The van der Waals surface area contributed by atoms with Crippen LogP contribution in [0.3, 0.4) is 0 Å². The standard InChI is InChI=1S/C21H23NO2S/c1-4-24-21(23)17-14-19(22-13-7-6-8-18(17)22)20(25-5-2)16-11-9-15(3)10-12-16/h6-14,20H,4-5H2,1-3H3. The first-order chi connectivity index (χ1) is 12.2. The summed E-state index contributed by atoms with van der Waals surface area (Å²) in [7, 11) is 0. The highest BCUT2D eigenvalue weighted by Gasteiger charge is 2.23. The number of hydrogen-bond acceptors (Lipinski definition) is 3. The molecule has 1 unspecified atom stereocenters. The third-order valence-corrected chi connectivity index (χ3v) is 5.36. The Kier molecular flexibility index (Phi) is 5.49. The van der Waals surface area contributed by atoms with Gasteiger partial charge >= 0.3 is 5.97 Å². The maximum atomic E-state index is 12.4. The van der Waals surface area contributed by atoms with Gasteiger partial charge in [-0.1, -0.05) is 42.8 Å². The lowest BCUT2D eigenvalue weighted by Crippen LogP contribution is -2.03. The Morgan fingerprint density at radius 1 is 1.16 bits per heavy atom. The Balaban J connectivity index is 2.14. The Morgan fingerprint density at radius 3 is 2.60 bits per heavy atom. The number of carbonyl (C=O) groups is 1. The molecule has 0 aliphatic rings. The van der Waals surface area contributed by atoms with Crippen molar-refractivity contribution in [1.29, 1.82) is 0 Å². The van der Waals surface area contributed by atoms with E-state index in [1.54, 1.807) is 0 Å². The van der Waals surface area contributed by atoms with Crippen LogP contribution in [0.25, 0.3) is 5.52 Å². The van der Waals surface area contributed by atoms with Gasteiger partial charge in [0.25, 0.3) is 0 Å². The number of hydrogen-bond donors (Lipinski definition) is 0. The Morgan fingerprint density at radius 2 is 1.92 bits per heavy atom. The van der Waals surface area contributed by atoms with Gasteiger partial charge in [-0.15, -0.1) is 11.8 Å². The van der Waals surface area contributed by atoms with E-state index in [1.807, 2.05) is 49.1 Å². The summed E-state index contributed by atoms with van der Waals surface area (Å²) >= 11 is 1.87. The molecule has 25 heavy (non-hydrogen) atoms. The molecular weight excluding hydrogens is 330 g/mol. The molecule has 2 heterocycles. The largest absolute Gasteiger partial charge is 0.462 e. The van der Waals surface area contributed by atoms with E-state index < -0.39 is 0 Å². The van der Waals surface area contributed by atoms with Gasteiger partial charge in [0.15, 0.2) is 0 Å². The summed E-state index contributed by atoms with van der Waals surface area (Å²) in [4.78, 5) is 12.4. The predicted molar refractivity (Wildman–Crippen MR) is 105 cm³/mol. The molecule has 0 radical (unpaired) electrons. The van der Waals surface area contributed by atoms with Gasteiger partial charge in [-0.3, -0.25) is 0 Å². The first-order valence-corrected chi connectivity index (χ1v) is 9.65. The number of aryl methyl sites for hydroxylation is 1. The van der Waals surface area contributed by atoms with E-state index in [9.17, 15) is 4.79 Å². The topological polar surface area (TPSA) is 30.7 Å². The molecule has 1 aromatic carbocycles. The highest BCUT2D eigenvalue weighted by Crippen LogP contribution is 2.37. The molecule has 0 fully saturated rings. The van der Waals surface area contributed by atoms with Gasteiger partial charge in [-0.25, -0.2) is 4.79 Å². The SMILES string of the molecule is CCOC(=O)c1cc(C(SCC)c2ccc(C)cc2)n2ccccc12. The number of ether oxygens (including phenoxy) is 1. The number of pyridine rings is 1. The van der Waals surface area contributed by atoms with Crippen molar-refractivity contribution >= 4 is 23.2 Å². The highest BCUT2D eigenvalue weighted by molar-refractivity contribution is 7.99. The number of rotatable bonds is 6. The summed E-state index contributed by atoms with van der Waals surface area (Å²) in [5.41, 5.74) is 5.12. The van der Waals surface area contributed by atoms with Crippen LogP contribution in [0, 0.1) is 6.92 Å². The Labute approximate surface area is 153 Å². The van der Waals surface area contributed by atoms with Gasteiger partial charge in [-0.05, 0) is 43.4 Å². The molecule has 0 spiro atoms. The fraction of sp³-hybridized carbons (Fsp3) is 0.286. The predicted octanol–water partition coefficient (Wildman–Crippen LogP) is 5.27. The lowest BCUT2D eigenvalue weighted by molar-refractivity contribution is 0.0529. The maximum absolute atomic E-state index is 12.4. The Bertz CT molecular complexity index is 867. The third-order valence-electron chi connectivity index (χ3n) is 4.18. The van der Waals surface area contributed by atoms with Crippen molar-refractivity contribution in [2.75, 3.05) is 12.4 Å². The zero-order chi connectivity index (χ0) is 17.8. The number of fused-ring (bicyclic) bond motifs is 1. The van der Waals surface area contributed by atoms with Gasteiger partial charge in [0.1, 0.15) is 0 Å². The minimum atomic E-state index is -0.262. The fourth-order valence-electron chi connectivity index (χ4n) is 3.01. The second kappa shape index (κ2) is 7.79. The summed E-state index contributed by atoms with van der Waals surface area (Å²) in [6.45, 7) is 6.47. The summed E-state index contributed by atoms with van der Waals surface area (Å²) < 4.78 is 7.36. The molecule has 130 valence electrons. The molecule has 0 saturated carbocycles. The third kappa shape index (κ3) is 3.59. The molecule has 3 rings (SSSR count). The first-order valence-electron chi connectivity index (χ1n) is 8.61. The summed E-state index contributed by atoms with van der Waals surface area (Å²) in [6.07, 6.45) is 2.02. The van der Waals surface area contributed by atoms with E-state index in [0.29, 0.717) is 12.2 Å². The van der Waals surface area contributed by atoms with Crippen LogP contribution in [0.5, 0.6) is 0 Å². The first kappa shape index (κ1) is 17.6. The number of aromatic nitrogens is 1. The van der Waals surface area contributed by atoms with Crippen LogP contribution < -0.4 is 0 Å². The van der Waals surface area contributed by atoms with Crippen molar-refractivity contribution in [2.45, 2.75) is 26.0 Å². The van der Waals surface area contributed by atoms with Crippen molar-refractivity contribution in [2.24, 2.45) is 0 Å². The lowest BCUT2D eigenvalue weighted by atomic mass is 10.1. The van der Waals surface area contributed by atoms with Crippen LogP contribution in [0.1, 0.15) is 46.3 Å². The van der Waals surface area contributed by atoms with E-state index in [0.717, 1.165) is 17.0 Å². The minimum absolute atomic E-state index is 0.170. The molecule has 0 bridgehead atoms. The van der Waals surface area contributed by atoms with Gasteiger partial charge in [0, 0.05) is 11.9 Å². The monoisotopic (exact) mass is 353 g/mol. The number of benzene rings is 1. The smallest absolute Gasteiger partial charge is 0.340 e. The van der Waals surface area contributed by atoms with Crippen LogP contribution in [0.4, 0.5) is 0 Å². The highest BCUT2D eigenvalue weighted by atomic mass is 32.2. The quantitative estimate of drug-likeness (QED) is 0.566. The van der Waals surface area contributed by atoms with Gasteiger partial charge < -0.3 is 9.14 Å². The van der Waals surface area contributed by atoms with Crippen LogP contribution in [-0.4, -0.2) is 22.7 Å². The average molecular weight is 353 g/mol. The van der Waals surface area contributed by atoms with Crippen molar-refractivity contribution < 1.29 is 9.53 Å². The van der Waals surface area contributed by atoms with E-state index in [1.165, 1.54) is 11.1 Å². The normalized spacial score (nSPS) is 12.3. The lowest BCUT2D eigenvalue weighted by Gasteiger charge is -2.17. The van der Waals surface area contributed by atoms with E-state index in [4.69, 9.17) is 4.74 Å². The fourth-order valence-corrected chi connectivity index (χ4v) is 4.05. The van der Waals surface area contributed by atoms with Crippen LogP contribution >= 0.6 is 11.8 Å². The Hall–Kier alpha value is -2.20. The molecule has 0 aliphatic heterocycles. The number of carbonyl (C=O) groups excluding carboxylic acids is 1.